The van der Waals surface area contributed by atoms with Crippen molar-refractivity contribution in [3.05, 3.63) is 58.6 Å². The summed E-state index contributed by atoms with van der Waals surface area (Å²) in [6.45, 7) is 1.18. The van der Waals surface area contributed by atoms with Gasteiger partial charge in [0.05, 0.1) is 16.5 Å². The lowest BCUT2D eigenvalue weighted by Crippen LogP contribution is -2.38. The summed E-state index contributed by atoms with van der Waals surface area (Å²) in [4.78, 5) is 0.313. The summed E-state index contributed by atoms with van der Waals surface area (Å²) in [5.74, 6) is 1.22. The first-order chi connectivity index (χ1) is 12.5. The SMILES string of the molecule is COc1ccc(S(=O)(=O)N2CCC(CCc3ccccc3)CC2)cc1Br. The van der Waals surface area contributed by atoms with Crippen LogP contribution in [-0.2, 0) is 16.4 Å². The molecule has 1 aliphatic rings. The predicted octanol–water partition coefficient (Wildman–Crippen LogP) is 4.49. The Kier molecular flexibility index (Phi) is 6.37. The topological polar surface area (TPSA) is 46.6 Å². The van der Waals surface area contributed by atoms with Gasteiger partial charge in [0.25, 0.3) is 0 Å². The van der Waals surface area contributed by atoms with Crippen molar-refractivity contribution in [2.24, 2.45) is 5.92 Å². The van der Waals surface area contributed by atoms with E-state index in [4.69, 9.17) is 4.74 Å². The van der Waals surface area contributed by atoms with Gasteiger partial charge < -0.3 is 4.74 Å². The molecule has 0 aromatic heterocycles. The van der Waals surface area contributed by atoms with Gasteiger partial charge in [-0.15, -0.1) is 0 Å². The quantitative estimate of drug-likeness (QED) is 0.668. The summed E-state index contributed by atoms with van der Waals surface area (Å²) < 4.78 is 33.2. The van der Waals surface area contributed by atoms with Crippen molar-refractivity contribution < 1.29 is 13.2 Å². The van der Waals surface area contributed by atoms with Gasteiger partial charge in [0, 0.05) is 13.1 Å². The van der Waals surface area contributed by atoms with Crippen LogP contribution >= 0.6 is 15.9 Å². The average molecular weight is 438 g/mol. The van der Waals surface area contributed by atoms with Gasteiger partial charge in [0.2, 0.25) is 10.0 Å². The standard InChI is InChI=1S/C20H24BrNO3S/c1-25-20-10-9-18(15-19(20)21)26(23,24)22-13-11-17(12-14-22)8-7-16-5-3-2-4-6-16/h2-6,9-10,15,17H,7-8,11-14H2,1H3. The van der Waals surface area contributed by atoms with Gasteiger partial charge in [-0.05, 0) is 71.3 Å². The van der Waals surface area contributed by atoms with Crippen molar-refractivity contribution in [3.63, 3.8) is 0 Å². The zero-order valence-corrected chi connectivity index (χ0v) is 17.3. The molecule has 140 valence electrons. The number of halogens is 1. The molecule has 6 heteroatoms. The highest BCUT2D eigenvalue weighted by molar-refractivity contribution is 9.10. The number of benzene rings is 2. The number of rotatable bonds is 6. The smallest absolute Gasteiger partial charge is 0.243 e. The van der Waals surface area contributed by atoms with E-state index in [0.717, 1.165) is 25.7 Å². The van der Waals surface area contributed by atoms with E-state index in [1.54, 1.807) is 29.6 Å². The zero-order chi connectivity index (χ0) is 18.6. The molecule has 1 aliphatic heterocycles. The predicted molar refractivity (Wildman–Crippen MR) is 107 cm³/mol. The number of piperidine rings is 1. The van der Waals surface area contributed by atoms with E-state index in [1.165, 1.54) is 5.56 Å². The molecule has 0 bridgehead atoms. The maximum absolute atomic E-state index is 12.9. The number of ether oxygens (including phenoxy) is 1. The van der Waals surface area contributed by atoms with E-state index in [2.05, 4.69) is 40.2 Å². The van der Waals surface area contributed by atoms with E-state index in [-0.39, 0.29) is 0 Å². The van der Waals surface area contributed by atoms with Crippen LogP contribution in [-0.4, -0.2) is 32.9 Å². The minimum absolute atomic E-state index is 0.313. The summed E-state index contributed by atoms with van der Waals surface area (Å²) in [7, 11) is -1.89. The second-order valence-electron chi connectivity index (χ2n) is 6.67. The first kappa shape index (κ1) is 19.4. The largest absolute Gasteiger partial charge is 0.496 e. The third kappa shape index (κ3) is 4.48. The number of methoxy groups -OCH3 is 1. The maximum Gasteiger partial charge on any atom is 0.243 e. The normalized spacial score (nSPS) is 16.5. The highest BCUT2D eigenvalue weighted by Crippen LogP contribution is 2.31. The van der Waals surface area contributed by atoms with Crippen LogP contribution in [0.4, 0.5) is 0 Å². The minimum atomic E-state index is -3.45. The van der Waals surface area contributed by atoms with Gasteiger partial charge in [0.1, 0.15) is 5.75 Å². The van der Waals surface area contributed by atoms with Crippen LogP contribution in [0.25, 0.3) is 0 Å². The molecule has 1 fully saturated rings. The van der Waals surface area contributed by atoms with E-state index in [0.29, 0.717) is 34.1 Å². The van der Waals surface area contributed by atoms with Crippen LogP contribution in [0.15, 0.2) is 57.9 Å². The third-order valence-corrected chi connectivity index (χ3v) is 7.53. The Labute approximate surface area is 164 Å². The van der Waals surface area contributed by atoms with Crippen molar-refractivity contribution in [1.29, 1.82) is 0 Å². The second-order valence-corrected chi connectivity index (χ2v) is 9.46. The summed E-state index contributed by atoms with van der Waals surface area (Å²) in [5, 5.41) is 0. The molecular formula is C20H24BrNO3S. The molecule has 0 aliphatic carbocycles. The highest BCUT2D eigenvalue weighted by Gasteiger charge is 2.29. The highest BCUT2D eigenvalue weighted by atomic mass is 79.9. The molecule has 0 amide bonds. The van der Waals surface area contributed by atoms with E-state index in [9.17, 15) is 8.42 Å². The molecule has 3 rings (SSSR count). The number of hydrogen-bond acceptors (Lipinski definition) is 3. The summed E-state index contributed by atoms with van der Waals surface area (Å²) in [6.07, 6.45) is 4.02. The molecular weight excluding hydrogens is 414 g/mol. The van der Waals surface area contributed by atoms with E-state index in [1.807, 2.05) is 6.07 Å². The molecule has 1 heterocycles. The molecule has 26 heavy (non-hydrogen) atoms. The first-order valence-electron chi connectivity index (χ1n) is 8.88. The first-order valence-corrected chi connectivity index (χ1v) is 11.1. The fourth-order valence-corrected chi connectivity index (χ4v) is 5.60. The number of aryl methyl sites for hydroxylation is 1. The van der Waals surface area contributed by atoms with Crippen molar-refractivity contribution in [3.8, 4) is 5.75 Å². The van der Waals surface area contributed by atoms with Crippen LogP contribution in [0.3, 0.4) is 0 Å². The molecule has 0 N–H and O–H groups in total. The Morgan fingerprint density at radius 2 is 1.81 bits per heavy atom. The maximum atomic E-state index is 12.9. The van der Waals surface area contributed by atoms with Gasteiger partial charge >= 0.3 is 0 Å². The average Bonchev–Trinajstić information content (AvgIpc) is 2.67. The third-order valence-electron chi connectivity index (χ3n) is 5.02. The van der Waals surface area contributed by atoms with Crippen molar-refractivity contribution >= 4 is 26.0 Å². The summed E-state index contributed by atoms with van der Waals surface area (Å²) in [6, 6.07) is 15.4. The molecule has 4 nitrogen and oxygen atoms in total. The molecule has 2 aromatic carbocycles. The molecule has 2 aromatic rings. The Morgan fingerprint density at radius 1 is 1.12 bits per heavy atom. The van der Waals surface area contributed by atoms with E-state index >= 15 is 0 Å². The van der Waals surface area contributed by atoms with Gasteiger partial charge in [-0.1, -0.05) is 30.3 Å². The Bertz CT molecular complexity index is 831. The lowest BCUT2D eigenvalue weighted by atomic mass is 9.91. The second kappa shape index (κ2) is 8.55. The van der Waals surface area contributed by atoms with Crippen LogP contribution in [0.1, 0.15) is 24.8 Å². The number of sulfonamides is 1. The molecule has 0 radical (unpaired) electrons. The van der Waals surface area contributed by atoms with Crippen LogP contribution < -0.4 is 4.74 Å². The van der Waals surface area contributed by atoms with E-state index < -0.39 is 10.0 Å². The van der Waals surface area contributed by atoms with Gasteiger partial charge in [-0.25, -0.2) is 8.42 Å². The van der Waals surface area contributed by atoms with Crippen LogP contribution in [0, 0.1) is 5.92 Å². The molecule has 0 unspecified atom stereocenters. The molecule has 0 atom stereocenters. The van der Waals surface area contributed by atoms with Gasteiger partial charge in [-0.3, -0.25) is 0 Å². The van der Waals surface area contributed by atoms with Crippen LogP contribution in [0.2, 0.25) is 0 Å². The minimum Gasteiger partial charge on any atom is -0.496 e. The fourth-order valence-electron chi connectivity index (χ4n) is 3.41. The summed E-state index contributed by atoms with van der Waals surface area (Å²) >= 11 is 3.37. The fraction of sp³-hybridized carbons (Fsp3) is 0.400. The lowest BCUT2D eigenvalue weighted by Gasteiger charge is -2.31. The monoisotopic (exact) mass is 437 g/mol. The van der Waals surface area contributed by atoms with Crippen molar-refractivity contribution in [1.82, 2.24) is 4.31 Å². The Balaban J connectivity index is 1.59. The molecule has 0 saturated carbocycles. The number of hydrogen-bond donors (Lipinski definition) is 0. The van der Waals surface area contributed by atoms with Crippen LogP contribution in [0.5, 0.6) is 5.75 Å². The lowest BCUT2D eigenvalue weighted by molar-refractivity contribution is 0.263. The summed E-state index contributed by atoms with van der Waals surface area (Å²) in [5.41, 5.74) is 1.35. The van der Waals surface area contributed by atoms with Gasteiger partial charge in [-0.2, -0.15) is 4.31 Å². The van der Waals surface area contributed by atoms with Gasteiger partial charge in [0.15, 0.2) is 0 Å². The van der Waals surface area contributed by atoms with Crippen molar-refractivity contribution in [2.45, 2.75) is 30.6 Å². The molecule has 1 saturated heterocycles. The van der Waals surface area contributed by atoms with Crippen molar-refractivity contribution in [2.75, 3.05) is 20.2 Å². The molecule has 0 spiro atoms. The number of nitrogens with zero attached hydrogens (tertiary/aromatic N) is 1. The zero-order valence-electron chi connectivity index (χ0n) is 14.9. The Morgan fingerprint density at radius 3 is 2.42 bits per heavy atom. The Hall–Kier alpha value is -1.37.